The lowest BCUT2D eigenvalue weighted by molar-refractivity contribution is -0.928. The molecule has 1 amide bonds. The zero-order chi connectivity index (χ0) is 15.6. The van der Waals surface area contributed by atoms with Crippen molar-refractivity contribution in [2.45, 2.75) is 39.0 Å². The molecule has 2 N–H and O–H groups in total. The van der Waals surface area contributed by atoms with Gasteiger partial charge < -0.3 is 15.0 Å². The number of anilines is 1. The van der Waals surface area contributed by atoms with Crippen LogP contribution in [-0.2, 0) is 9.53 Å². The fraction of sp³-hybridized carbons (Fsp3) is 0.533. The number of ether oxygens (including phenoxy) is 1. The molecule has 1 saturated heterocycles. The third-order valence-corrected chi connectivity index (χ3v) is 3.76. The molecule has 0 aromatic heterocycles. The second-order valence-electron chi connectivity index (χ2n) is 5.66. The van der Waals surface area contributed by atoms with Gasteiger partial charge in [0, 0.05) is 6.07 Å². The van der Waals surface area contributed by atoms with Gasteiger partial charge in [0.1, 0.15) is 36.9 Å². The Hall–Kier alpha value is -1.53. The molecule has 0 unspecified atom stereocenters. The van der Waals surface area contributed by atoms with Crippen molar-refractivity contribution in [3.8, 4) is 0 Å². The van der Waals surface area contributed by atoms with E-state index in [1.54, 1.807) is 6.92 Å². The number of benzene rings is 1. The average molecular weight is 299 g/mol. The van der Waals surface area contributed by atoms with E-state index in [9.17, 15) is 13.6 Å². The Morgan fingerprint density at radius 2 is 1.95 bits per heavy atom. The Morgan fingerprint density at radius 3 is 2.57 bits per heavy atom. The predicted molar refractivity (Wildman–Crippen MR) is 75.2 cm³/mol. The Morgan fingerprint density at radius 1 is 1.33 bits per heavy atom. The van der Waals surface area contributed by atoms with Gasteiger partial charge in [-0.05, 0) is 32.9 Å². The number of carbonyl (C=O) groups is 1. The normalized spacial score (nSPS) is 27.2. The Labute approximate surface area is 123 Å². The molecule has 0 spiro atoms. The van der Waals surface area contributed by atoms with E-state index >= 15 is 0 Å². The number of quaternary nitrogens is 1. The lowest BCUT2D eigenvalue weighted by atomic mass is 10.1. The predicted octanol–water partition coefficient (Wildman–Crippen LogP) is 0.984. The van der Waals surface area contributed by atoms with Gasteiger partial charge >= 0.3 is 0 Å². The highest BCUT2D eigenvalue weighted by Crippen LogP contribution is 2.15. The first-order valence-corrected chi connectivity index (χ1v) is 7.12. The van der Waals surface area contributed by atoms with Crippen molar-refractivity contribution in [2.75, 3.05) is 18.4 Å². The summed E-state index contributed by atoms with van der Waals surface area (Å²) in [7, 11) is 0. The Bertz CT molecular complexity index is 514. The van der Waals surface area contributed by atoms with E-state index in [0.29, 0.717) is 13.1 Å². The number of rotatable bonds is 3. The number of halogens is 2. The summed E-state index contributed by atoms with van der Waals surface area (Å²) in [5.41, 5.74) is -0.124. The largest absolute Gasteiger partial charge is 0.364 e. The third kappa shape index (κ3) is 3.98. The smallest absolute Gasteiger partial charge is 0.282 e. The van der Waals surface area contributed by atoms with Crippen LogP contribution in [0.15, 0.2) is 18.2 Å². The Kier molecular flexibility index (Phi) is 4.90. The van der Waals surface area contributed by atoms with E-state index in [1.165, 1.54) is 0 Å². The molecule has 6 heteroatoms. The lowest BCUT2D eigenvalue weighted by Gasteiger charge is -2.35. The summed E-state index contributed by atoms with van der Waals surface area (Å²) in [4.78, 5) is 13.3. The first-order valence-electron chi connectivity index (χ1n) is 7.12. The van der Waals surface area contributed by atoms with Gasteiger partial charge in [0.05, 0.1) is 5.69 Å². The maximum atomic E-state index is 13.6. The molecule has 1 aliphatic rings. The maximum absolute atomic E-state index is 13.6. The molecule has 2 rings (SSSR count). The quantitative estimate of drug-likeness (QED) is 0.874. The van der Waals surface area contributed by atoms with Gasteiger partial charge in [0.2, 0.25) is 0 Å². The molecule has 3 atom stereocenters. The fourth-order valence-corrected chi connectivity index (χ4v) is 2.69. The highest BCUT2D eigenvalue weighted by molar-refractivity contribution is 5.93. The highest BCUT2D eigenvalue weighted by atomic mass is 19.1. The van der Waals surface area contributed by atoms with Crippen molar-refractivity contribution in [1.29, 1.82) is 0 Å². The number of nitrogens with one attached hydrogen (secondary N) is 2. The minimum absolute atomic E-state index is 0.0740. The maximum Gasteiger partial charge on any atom is 0.282 e. The van der Waals surface area contributed by atoms with Gasteiger partial charge in [0.15, 0.2) is 6.04 Å². The average Bonchev–Trinajstić information content (AvgIpc) is 2.41. The molecule has 0 radical (unpaired) electrons. The van der Waals surface area contributed by atoms with Crippen LogP contribution in [-0.4, -0.2) is 37.2 Å². The van der Waals surface area contributed by atoms with E-state index in [1.807, 2.05) is 13.8 Å². The summed E-state index contributed by atoms with van der Waals surface area (Å²) >= 11 is 0. The standard InChI is InChI=1S/C15H20F2N2O2/c1-9-7-19(8-10(2)21-9)11(3)15(20)18-14-6-12(16)4-5-13(14)17/h4-6,9-11H,7-8H2,1-3H3,(H,18,20)/p+1/t9-,10-,11-/m0/s1. The van der Waals surface area contributed by atoms with E-state index in [-0.39, 0.29) is 29.8 Å². The number of morpholine rings is 1. The minimum atomic E-state index is -0.643. The molecular formula is C15H21F2N2O2+. The zero-order valence-electron chi connectivity index (χ0n) is 12.5. The summed E-state index contributed by atoms with van der Waals surface area (Å²) in [5.74, 6) is -1.55. The number of hydrogen-bond acceptors (Lipinski definition) is 2. The number of carbonyl (C=O) groups excluding carboxylic acids is 1. The minimum Gasteiger partial charge on any atom is -0.364 e. The van der Waals surface area contributed by atoms with Gasteiger partial charge in [-0.25, -0.2) is 8.78 Å². The van der Waals surface area contributed by atoms with Crippen molar-refractivity contribution in [2.24, 2.45) is 0 Å². The summed E-state index contributed by atoms with van der Waals surface area (Å²) < 4.78 is 32.3. The van der Waals surface area contributed by atoms with E-state index in [2.05, 4.69) is 5.32 Å². The van der Waals surface area contributed by atoms with Crippen molar-refractivity contribution in [3.63, 3.8) is 0 Å². The van der Waals surface area contributed by atoms with Crippen LogP contribution in [0.1, 0.15) is 20.8 Å². The van der Waals surface area contributed by atoms with Crippen molar-refractivity contribution in [1.82, 2.24) is 0 Å². The molecular weight excluding hydrogens is 278 g/mol. The first kappa shape index (κ1) is 15.9. The van der Waals surface area contributed by atoms with E-state index in [0.717, 1.165) is 23.1 Å². The zero-order valence-corrected chi connectivity index (χ0v) is 12.5. The molecule has 4 nitrogen and oxygen atoms in total. The van der Waals surface area contributed by atoms with Gasteiger partial charge in [0.25, 0.3) is 5.91 Å². The Balaban J connectivity index is 2.04. The molecule has 1 heterocycles. The van der Waals surface area contributed by atoms with Crippen LogP contribution in [0.4, 0.5) is 14.5 Å². The molecule has 21 heavy (non-hydrogen) atoms. The van der Waals surface area contributed by atoms with Gasteiger partial charge in [-0.15, -0.1) is 0 Å². The molecule has 1 aromatic carbocycles. The van der Waals surface area contributed by atoms with Gasteiger partial charge in [-0.3, -0.25) is 4.79 Å². The fourth-order valence-electron chi connectivity index (χ4n) is 2.69. The third-order valence-electron chi connectivity index (χ3n) is 3.76. The molecule has 0 aliphatic carbocycles. The van der Waals surface area contributed by atoms with Crippen LogP contribution >= 0.6 is 0 Å². The molecule has 1 aliphatic heterocycles. The summed E-state index contributed by atoms with van der Waals surface area (Å²) in [6, 6.07) is 2.65. The molecule has 0 bridgehead atoms. The second kappa shape index (κ2) is 6.49. The van der Waals surface area contributed by atoms with Crippen LogP contribution in [0.25, 0.3) is 0 Å². The van der Waals surface area contributed by atoms with Gasteiger partial charge in [-0.2, -0.15) is 0 Å². The molecule has 0 saturated carbocycles. The highest BCUT2D eigenvalue weighted by Gasteiger charge is 2.33. The van der Waals surface area contributed by atoms with Crippen LogP contribution < -0.4 is 10.2 Å². The topological polar surface area (TPSA) is 42.8 Å². The van der Waals surface area contributed by atoms with Gasteiger partial charge in [-0.1, -0.05) is 0 Å². The van der Waals surface area contributed by atoms with Crippen LogP contribution in [0, 0.1) is 11.6 Å². The summed E-state index contributed by atoms with van der Waals surface area (Å²) in [5, 5.41) is 2.46. The summed E-state index contributed by atoms with van der Waals surface area (Å²) in [6.45, 7) is 7.14. The summed E-state index contributed by atoms with van der Waals surface area (Å²) in [6.07, 6.45) is 0.148. The van der Waals surface area contributed by atoms with E-state index in [4.69, 9.17) is 4.74 Å². The number of hydrogen-bond donors (Lipinski definition) is 2. The molecule has 116 valence electrons. The molecule has 1 fully saturated rings. The first-order chi connectivity index (χ1) is 9.86. The van der Waals surface area contributed by atoms with Crippen molar-refractivity contribution < 1.29 is 23.2 Å². The van der Waals surface area contributed by atoms with E-state index < -0.39 is 11.6 Å². The second-order valence-corrected chi connectivity index (χ2v) is 5.66. The van der Waals surface area contributed by atoms with Crippen molar-refractivity contribution in [3.05, 3.63) is 29.8 Å². The van der Waals surface area contributed by atoms with Crippen LogP contribution in [0.3, 0.4) is 0 Å². The van der Waals surface area contributed by atoms with Crippen molar-refractivity contribution >= 4 is 11.6 Å². The van der Waals surface area contributed by atoms with Crippen LogP contribution in [0.5, 0.6) is 0 Å². The SMILES string of the molecule is C[C@H]1C[NH+]([C@@H](C)C(=O)Nc2cc(F)ccc2F)C[C@H](C)O1. The lowest BCUT2D eigenvalue weighted by Crippen LogP contribution is -3.19. The molecule has 1 aromatic rings. The number of amides is 1. The monoisotopic (exact) mass is 299 g/mol. The van der Waals surface area contributed by atoms with Crippen LogP contribution in [0.2, 0.25) is 0 Å².